The third-order valence-electron chi connectivity index (χ3n) is 4.39. The van der Waals surface area contributed by atoms with E-state index in [1.807, 2.05) is 0 Å². The van der Waals surface area contributed by atoms with Crippen LogP contribution in [0.2, 0.25) is 0 Å². The van der Waals surface area contributed by atoms with Gasteiger partial charge in [0, 0.05) is 18.6 Å². The second kappa shape index (κ2) is 6.64. The Hall–Kier alpha value is -0.0400. The predicted octanol–water partition coefficient (Wildman–Crippen LogP) is 4.53. The van der Waals surface area contributed by atoms with Crippen LogP contribution in [0.15, 0.2) is 0 Å². The molecule has 1 radical (unpaired) electrons. The van der Waals surface area contributed by atoms with Gasteiger partial charge in [-0.3, -0.25) is 4.90 Å². The fraction of sp³-hybridized carbons (Fsp3) is 0.933. The van der Waals surface area contributed by atoms with Gasteiger partial charge in [0.1, 0.15) is 0 Å². The summed E-state index contributed by atoms with van der Waals surface area (Å²) in [6.07, 6.45) is 15.8. The zero-order valence-corrected chi connectivity index (χ0v) is 11.0. The lowest BCUT2D eigenvalue weighted by atomic mass is 9.88. The van der Waals surface area contributed by atoms with Gasteiger partial charge in [-0.25, -0.2) is 0 Å². The Labute approximate surface area is 102 Å². The number of rotatable bonds is 4. The largest absolute Gasteiger partial charge is 0.293 e. The molecule has 2 aliphatic carbocycles. The maximum absolute atomic E-state index is 2.78. The van der Waals surface area contributed by atoms with Gasteiger partial charge in [0.25, 0.3) is 0 Å². The van der Waals surface area contributed by atoms with Gasteiger partial charge in [0.05, 0.1) is 0 Å². The molecule has 0 aliphatic heterocycles. The van der Waals surface area contributed by atoms with Crippen LogP contribution in [0, 0.1) is 6.54 Å². The highest BCUT2D eigenvalue weighted by molar-refractivity contribution is 4.87. The molecule has 0 atom stereocenters. The van der Waals surface area contributed by atoms with Crippen LogP contribution in [0.5, 0.6) is 0 Å². The van der Waals surface area contributed by atoms with Crippen LogP contribution in [0.25, 0.3) is 0 Å². The quantitative estimate of drug-likeness (QED) is 0.675. The molecule has 2 saturated carbocycles. The van der Waals surface area contributed by atoms with Crippen molar-refractivity contribution in [2.45, 2.75) is 89.6 Å². The number of nitrogens with zero attached hydrogens (tertiary/aromatic N) is 1. The lowest BCUT2D eigenvalue weighted by molar-refractivity contribution is 0.110. The molecule has 0 saturated heterocycles. The minimum Gasteiger partial charge on any atom is -0.293 e. The third kappa shape index (κ3) is 3.23. The maximum atomic E-state index is 2.78. The first-order chi connectivity index (χ1) is 7.92. The Morgan fingerprint density at radius 1 is 0.812 bits per heavy atom. The molecule has 0 N–H and O–H groups in total. The molecule has 0 aromatic heterocycles. The number of hydrogen-bond donors (Lipinski definition) is 0. The highest BCUT2D eigenvalue weighted by Gasteiger charge is 2.27. The topological polar surface area (TPSA) is 3.24 Å². The van der Waals surface area contributed by atoms with Crippen molar-refractivity contribution >= 4 is 0 Å². The fourth-order valence-electron chi connectivity index (χ4n) is 3.57. The van der Waals surface area contributed by atoms with Gasteiger partial charge in [-0.15, -0.1) is 0 Å². The van der Waals surface area contributed by atoms with E-state index in [4.69, 9.17) is 0 Å². The highest BCUT2D eigenvalue weighted by atomic mass is 15.2. The zero-order chi connectivity index (χ0) is 11.2. The molecule has 16 heavy (non-hydrogen) atoms. The molecule has 0 amide bonds. The fourth-order valence-corrected chi connectivity index (χ4v) is 3.57. The van der Waals surface area contributed by atoms with E-state index < -0.39 is 0 Å². The standard InChI is InChI=1S/C15H28N/c1-2-13-16(14-9-5-3-6-10-14)15-11-7-4-8-12-15/h13-15H,2-12H2,1H3. The minimum absolute atomic E-state index is 0.886. The lowest BCUT2D eigenvalue weighted by Gasteiger charge is -2.41. The molecule has 93 valence electrons. The van der Waals surface area contributed by atoms with Crippen molar-refractivity contribution in [3.8, 4) is 0 Å². The first-order valence-corrected chi connectivity index (χ1v) is 7.52. The Kier molecular flexibility index (Phi) is 5.15. The Bertz CT molecular complexity index is 160. The second-order valence-electron chi connectivity index (χ2n) is 5.62. The van der Waals surface area contributed by atoms with E-state index in [0.29, 0.717) is 0 Å². The summed E-state index contributed by atoms with van der Waals surface area (Å²) in [4.78, 5) is 2.78. The van der Waals surface area contributed by atoms with E-state index in [0.717, 1.165) is 12.1 Å². The van der Waals surface area contributed by atoms with E-state index in [9.17, 15) is 0 Å². The van der Waals surface area contributed by atoms with Crippen LogP contribution >= 0.6 is 0 Å². The predicted molar refractivity (Wildman–Crippen MR) is 70.2 cm³/mol. The molecule has 0 aromatic rings. The molecule has 2 rings (SSSR count). The van der Waals surface area contributed by atoms with E-state index in [2.05, 4.69) is 18.4 Å². The Balaban J connectivity index is 1.91. The monoisotopic (exact) mass is 222 g/mol. The van der Waals surface area contributed by atoms with E-state index in [1.54, 1.807) is 0 Å². The second-order valence-corrected chi connectivity index (χ2v) is 5.62. The van der Waals surface area contributed by atoms with Crippen LogP contribution in [0.3, 0.4) is 0 Å². The molecule has 0 aromatic carbocycles. The summed E-state index contributed by atoms with van der Waals surface area (Å²) in [6.45, 7) is 4.80. The normalized spacial score (nSPS) is 25.1. The smallest absolute Gasteiger partial charge is 0.0254 e. The first-order valence-electron chi connectivity index (χ1n) is 7.52. The SMILES string of the molecule is CC[CH]N(C1CCCCC1)C1CCCCC1. The maximum Gasteiger partial charge on any atom is 0.0254 e. The third-order valence-corrected chi connectivity index (χ3v) is 4.39. The zero-order valence-electron chi connectivity index (χ0n) is 11.0. The van der Waals surface area contributed by atoms with E-state index in [-0.39, 0.29) is 0 Å². The molecule has 0 bridgehead atoms. The first kappa shape index (κ1) is 12.4. The van der Waals surface area contributed by atoms with Crippen molar-refractivity contribution in [1.29, 1.82) is 0 Å². The molecule has 0 heterocycles. The number of hydrogen-bond acceptors (Lipinski definition) is 1. The Morgan fingerprint density at radius 3 is 1.62 bits per heavy atom. The van der Waals surface area contributed by atoms with Crippen LogP contribution in [-0.2, 0) is 0 Å². The summed E-state index contributed by atoms with van der Waals surface area (Å²) in [5, 5.41) is 0. The van der Waals surface area contributed by atoms with Gasteiger partial charge in [0.15, 0.2) is 0 Å². The lowest BCUT2D eigenvalue weighted by Crippen LogP contribution is -2.43. The van der Waals surface area contributed by atoms with Gasteiger partial charge < -0.3 is 0 Å². The average Bonchev–Trinajstić information content (AvgIpc) is 2.38. The summed E-state index contributed by atoms with van der Waals surface area (Å²) in [6, 6.07) is 1.77. The summed E-state index contributed by atoms with van der Waals surface area (Å²) < 4.78 is 0. The summed E-state index contributed by atoms with van der Waals surface area (Å²) in [7, 11) is 0. The van der Waals surface area contributed by atoms with Crippen molar-refractivity contribution in [2.24, 2.45) is 0 Å². The van der Waals surface area contributed by atoms with Crippen LogP contribution in [-0.4, -0.2) is 17.0 Å². The summed E-state index contributed by atoms with van der Waals surface area (Å²) in [5.74, 6) is 0. The molecule has 2 aliphatic rings. The molecule has 1 nitrogen and oxygen atoms in total. The van der Waals surface area contributed by atoms with Gasteiger partial charge >= 0.3 is 0 Å². The molecule has 0 spiro atoms. The summed E-state index contributed by atoms with van der Waals surface area (Å²) >= 11 is 0. The van der Waals surface area contributed by atoms with Crippen LogP contribution in [0.4, 0.5) is 0 Å². The van der Waals surface area contributed by atoms with E-state index in [1.165, 1.54) is 70.6 Å². The van der Waals surface area contributed by atoms with Gasteiger partial charge in [-0.1, -0.05) is 45.4 Å². The van der Waals surface area contributed by atoms with E-state index >= 15 is 0 Å². The van der Waals surface area contributed by atoms with Gasteiger partial charge in [-0.05, 0) is 32.1 Å². The van der Waals surface area contributed by atoms with Crippen molar-refractivity contribution in [3.05, 3.63) is 6.54 Å². The molecule has 0 unspecified atom stereocenters. The van der Waals surface area contributed by atoms with Gasteiger partial charge in [-0.2, -0.15) is 0 Å². The van der Waals surface area contributed by atoms with Crippen molar-refractivity contribution < 1.29 is 0 Å². The Morgan fingerprint density at radius 2 is 1.25 bits per heavy atom. The molecular weight excluding hydrogens is 194 g/mol. The average molecular weight is 222 g/mol. The van der Waals surface area contributed by atoms with Crippen LogP contribution < -0.4 is 0 Å². The van der Waals surface area contributed by atoms with Crippen molar-refractivity contribution in [2.75, 3.05) is 0 Å². The summed E-state index contributed by atoms with van der Waals surface area (Å²) in [5.41, 5.74) is 0. The molecule has 1 heteroatoms. The molecular formula is C15H28N. The van der Waals surface area contributed by atoms with Crippen LogP contribution in [0.1, 0.15) is 77.6 Å². The highest BCUT2D eigenvalue weighted by Crippen LogP contribution is 2.31. The minimum atomic E-state index is 0.886. The van der Waals surface area contributed by atoms with Crippen molar-refractivity contribution in [3.63, 3.8) is 0 Å². The van der Waals surface area contributed by atoms with Crippen molar-refractivity contribution in [1.82, 2.24) is 4.90 Å². The van der Waals surface area contributed by atoms with Gasteiger partial charge in [0.2, 0.25) is 0 Å². The molecule has 2 fully saturated rings.